The highest BCUT2D eigenvalue weighted by molar-refractivity contribution is 6.32. The Hall–Kier alpha value is -3.52. The average molecular weight is 430 g/mol. The molecule has 0 fully saturated rings. The third-order valence-electron chi connectivity index (χ3n) is 4.39. The van der Waals surface area contributed by atoms with Crippen LogP contribution in [0.25, 0.3) is 0 Å². The van der Waals surface area contributed by atoms with E-state index in [0.717, 1.165) is 10.1 Å². The smallest absolute Gasteiger partial charge is 0.331 e. The molecule has 1 heterocycles. The maximum atomic E-state index is 12.7. The summed E-state index contributed by atoms with van der Waals surface area (Å²) in [7, 11) is 2.87. The fourth-order valence-electron chi connectivity index (χ4n) is 2.89. The second kappa shape index (κ2) is 9.32. The van der Waals surface area contributed by atoms with Crippen molar-refractivity contribution in [2.24, 2.45) is 0 Å². The number of anilines is 1. The predicted molar refractivity (Wildman–Crippen MR) is 114 cm³/mol. The number of amides is 1. The monoisotopic (exact) mass is 429 g/mol. The van der Waals surface area contributed by atoms with Crippen LogP contribution in [-0.2, 0) is 17.9 Å². The Bertz CT molecular complexity index is 1170. The minimum atomic E-state index is -0.581. The molecule has 0 aliphatic rings. The van der Waals surface area contributed by atoms with Gasteiger partial charge >= 0.3 is 5.69 Å². The molecule has 0 atom stereocenters. The van der Waals surface area contributed by atoms with Crippen LogP contribution in [0.5, 0.6) is 11.5 Å². The van der Waals surface area contributed by atoms with Crippen LogP contribution in [0.4, 0.5) is 5.69 Å². The topological polar surface area (TPSA) is 91.6 Å². The average Bonchev–Trinajstić information content (AvgIpc) is 2.74. The molecule has 2 aromatic carbocycles. The van der Waals surface area contributed by atoms with E-state index >= 15 is 0 Å². The minimum Gasteiger partial charge on any atom is -0.495 e. The molecule has 0 radical (unpaired) electrons. The van der Waals surface area contributed by atoms with Crippen molar-refractivity contribution in [3.63, 3.8) is 0 Å². The van der Waals surface area contributed by atoms with Gasteiger partial charge in [0.25, 0.3) is 5.56 Å². The van der Waals surface area contributed by atoms with Gasteiger partial charge in [0.05, 0.1) is 31.5 Å². The molecular weight excluding hydrogens is 410 g/mol. The quantitative estimate of drug-likeness (QED) is 0.622. The molecule has 156 valence electrons. The Labute approximate surface area is 177 Å². The molecule has 0 spiro atoms. The first-order valence-corrected chi connectivity index (χ1v) is 9.36. The summed E-state index contributed by atoms with van der Waals surface area (Å²) in [5.41, 5.74) is 0.0480. The van der Waals surface area contributed by atoms with E-state index in [4.69, 9.17) is 21.1 Å². The number of aromatic nitrogens is 2. The third-order valence-corrected chi connectivity index (χ3v) is 4.68. The number of hydrogen-bond donors (Lipinski definition) is 1. The highest BCUT2D eigenvalue weighted by atomic mass is 35.5. The summed E-state index contributed by atoms with van der Waals surface area (Å²) >= 11 is 6.06. The zero-order valence-corrected chi connectivity index (χ0v) is 17.2. The molecule has 0 saturated carbocycles. The van der Waals surface area contributed by atoms with E-state index in [1.807, 2.05) is 30.3 Å². The summed E-state index contributed by atoms with van der Waals surface area (Å²) in [6.07, 6.45) is 1.42. The van der Waals surface area contributed by atoms with E-state index in [1.165, 1.54) is 43.2 Å². The van der Waals surface area contributed by atoms with E-state index in [9.17, 15) is 14.4 Å². The number of methoxy groups -OCH3 is 2. The van der Waals surface area contributed by atoms with Gasteiger partial charge in [-0.3, -0.25) is 18.7 Å². The van der Waals surface area contributed by atoms with Gasteiger partial charge in [0.1, 0.15) is 18.0 Å². The third kappa shape index (κ3) is 4.72. The number of carbonyl (C=O) groups is 1. The van der Waals surface area contributed by atoms with E-state index < -0.39 is 23.7 Å². The number of hydrogen-bond acceptors (Lipinski definition) is 5. The van der Waals surface area contributed by atoms with Gasteiger partial charge < -0.3 is 14.8 Å². The van der Waals surface area contributed by atoms with E-state index in [0.29, 0.717) is 22.2 Å². The van der Waals surface area contributed by atoms with Gasteiger partial charge in [-0.1, -0.05) is 41.9 Å². The van der Waals surface area contributed by atoms with Crippen molar-refractivity contribution in [2.75, 3.05) is 19.5 Å². The predicted octanol–water partition coefficient (Wildman–Crippen LogP) is 2.37. The lowest BCUT2D eigenvalue weighted by atomic mass is 10.2. The zero-order valence-electron chi connectivity index (χ0n) is 16.4. The Morgan fingerprint density at radius 2 is 1.73 bits per heavy atom. The Kier molecular flexibility index (Phi) is 6.58. The largest absolute Gasteiger partial charge is 0.495 e. The van der Waals surface area contributed by atoms with Crippen LogP contribution in [-0.4, -0.2) is 29.3 Å². The van der Waals surface area contributed by atoms with Crippen molar-refractivity contribution in [2.45, 2.75) is 13.1 Å². The first-order valence-electron chi connectivity index (χ1n) is 8.98. The summed E-state index contributed by atoms with van der Waals surface area (Å²) in [4.78, 5) is 37.5. The van der Waals surface area contributed by atoms with Crippen molar-refractivity contribution in [1.29, 1.82) is 0 Å². The van der Waals surface area contributed by atoms with Gasteiger partial charge in [0, 0.05) is 24.4 Å². The summed E-state index contributed by atoms with van der Waals surface area (Å²) in [6.45, 7) is -0.175. The molecule has 8 nitrogen and oxygen atoms in total. The maximum absolute atomic E-state index is 12.7. The lowest BCUT2D eigenvalue weighted by Gasteiger charge is -2.14. The molecular formula is C21H20ClN3O5. The van der Waals surface area contributed by atoms with E-state index in [-0.39, 0.29) is 6.54 Å². The van der Waals surface area contributed by atoms with Gasteiger partial charge in [-0.05, 0) is 5.56 Å². The molecule has 0 aliphatic heterocycles. The highest BCUT2D eigenvalue weighted by Gasteiger charge is 2.15. The van der Waals surface area contributed by atoms with Crippen molar-refractivity contribution in [3.8, 4) is 11.5 Å². The molecule has 1 amide bonds. The van der Waals surface area contributed by atoms with Crippen molar-refractivity contribution in [1.82, 2.24) is 9.13 Å². The normalized spacial score (nSPS) is 10.5. The number of ether oxygens (including phenoxy) is 2. The maximum Gasteiger partial charge on any atom is 0.331 e. The fraction of sp³-hybridized carbons (Fsp3) is 0.190. The van der Waals surface area contributed by atoms with Crippen molar-refractivity contribution < 1.29 is 14.3 Å². The first kappa shape index (κ1) is 21.2. The molecule has 9 heteroatoms. The summed E-state index contributed by atoms with van der Waals surface area (Å²) in [5.74, 6) is 0.0836. The van der Waals surface area contributed by atoms with Crippen molar-refractivity contribution >= 4 is 23.2 Å². The van der Waals surface area contributed by atoms with E-state index in [1.54, 1.807) is 0 Å². The number of halogens is 1. The molecule has 0 unspecified atom stereocenters. The van der Waals surface area contributed by atoms with E-state index in [2.05, 4.69) is 5.32 Å². The van der Waals surface area contributed by atoms with Gasteiger partial charge in [0.15, 0.2) is 0 Å². The molecule has 0 aliphatic carbocycles. The molecule has 3 aromatic rings. The lowest BCUT2D eigenvalue weighted by molar-refractivity contribution is -0.116. The first-order chi connectivity index (χ1) is 14.4. The number of carbonyl (C=O) groups excluding carboxylic acids is 1. The number of nitrogens with one attached hydrogen (secondary N) is 1. The van der Waals surface area contributed by atoms with Crippen LogP contribution in [0.3, 0.4) is 0 Å². The van der Waals surface area contributed by atoms with Gasteiger partial charge in [0.2, 0.25) is 5.91 Å². The van der Waals surface area contributed by atoms with Crippen LogP contribution in [0.2, 0.25) is 5.02 Å². The summed E-state index contributed by atoms with van der Waals surface area (Å²) in [6, 6.07) is 13.6. The Balaban J connectivity index is 1.84. The molecule has 1 aromatic heterocycles. The fourth-order valence-corrected chi connectivity index (χ4v) is 3.13. The number of nitrogens with zero attached hydrogens (tertiary/aromatic N) is 2. The molecule has 0 saturated heterocycles. The molecule has 0 bridgehead atoms. The highest BCUT2D eigenvalue weighted by Crippen LogP contribution is 2.35. The second-order valence-corrected chi connectivity index (χ2v) is 6.78. The van der Waals surface area contributed by atoms with Crippen LogP contribution < -0.4 is 26.0 Å². The Morgan fingerprint density at radius 1 is 1.03 bits per heavy atom. The number of benzene rings is 2. The van der Waals surface area contributed by atoms with Crippen LogP contribution in [0.1, 0.15) is 5.56 Å². The summed E-state index contributed by atoms with van der Waals surface area (Å²) < 4.78 is 12.6. The van der Waals surface area contributed by atoms with Gasteiger partial charge in [-0.2, -0.15) is 0 Å². The Morgan fingerprint density at radius 3 is 2.40 bits per heavy atom. The lowest BCUT2D eigenvalue weighted by Crippen LogP contribution is -2.41. The van der Waals surface area contributed by atoms with Crippen LogP contribution in [0.15, 0.2) is 64.3 Å². The van der Waals surface area contributed by atoms with Crippen LogP contribution >= 0.6 is 11.6 Å². The van der Waals surface area contributed by atoms with Crippen molar-refractivity contribution in [3.05, 3.63) is 86.2 Å². The second-order valence-electron chi connectivity index (χ2n) is 6.37. The standard InChI is InChI=1S/C21H20ClN3O5/c1-29-17-11-16(18(30-2)10-15(17)22)23-19(26)13-25-20(27)8-9-24(21(25)28)12-14-6-4-3-5-7-14/h3-11H,12-13H2,1-2H3,(H,23,26). The molecule has 30 heavy (non-hydrogen) atoms. The molecule has 3 rings (SSSR count). The summed E-state index contributed by atoms with van der Waals surface area (Å²) in [5, 5.41) is 2.94. The van der Waals surface area contributed by atoms with Crippen LogP contribution in [0, 0.1) is 0 Å². The number of rotatable bonds is 7. The zero-order chi connectivity index (χ0) is 21.7. The minimum absolute atomic E-state index is 0.282. The van der Waals surface area contributed by atoms with Gasteiger partial charge in [-0.15, -0.1) is 0 Å². The molecule has 1 N–H and O–H groups in total. The SMILES string of the molecule is COc1cc(NC(=O)Cn2c(=O)ccn(Cc3ccccc3)c2=O)c(OC)cc1Cl. The van der Waals surface area contributed by atoms with Gasteiger partial charge in [-0.25, -0.2) is 4.79 Å².